The highest BCUT2D eigenvalue weighted by atomic mass is 32.2. The summed E-state index contributed by atoms with van der Waals surface area (Å²) in [6.07, 6.45) is 4.24. The summed E-state index contributed by atoms with van der Waals surface area (Å²) in [5.41, 5.74) is 2.48. The smallest absolute Gasteiger partial charge is 0.195 e. The van der Waals surface area contributed by atoms with Gasteiger partial charge in [-0.3, -0.25) is 0 Å². The zero-order chi connectivity index (χ0) is 15.0. The second-order valence-corrected chi connectivity index (χ2v) is 8.01. The van der Waals surface area contributed by atoms with Crippen LogP contribution in [-0.2, 0) is 16.3 Å². The number of oxazole rings is 1. The van der Waals surface area contributed by atoms with Crippen molar-refractivity contribution in [2.24, 2.45) is 5.92 Å². The van der Waals surface area contributed by atoms with Crippen molar-refractivity contribution in [3.05, 3.63) is 24.1 Å². The zero-order valence-corrected chi connectivity index (χ0v) is 13.1. The molecule has 0 spiro atoms. The molecule has 1 aromatic carbocycles. The van der Waals surface area contributed by atoms with E-state index < -0.39 is 9.84 Å². The SMILES string of the molecule is CCc1nc2cc(N[C@H](CS(C)(=O)=O)C3CC3)ccc2o1. The first kappa shape index (κ1) is 14.4. The van der Waals surface area contributed by atoms with Crippen molar-refractivity contribution < 1.29 is 12.8 Å². The number of aromatic nitrogens is 1. The minimum atomic E-state index is -2.99. The third-order valence-electron chi connectivity index (χ3n) is 3.76. The van der Waals surface area contributed by atoms with E-state index in [4.69, 9.17) is 4.42 Å². The average molecular weight is 308 g/mol. The van der Waals surface area contributed by atoms with Crippen molar-refractivity contribution in [1.29, 1.82) is 0 Å². The number of hydrogen-bond acceptors (Lipinski definition) is 5. The molecule has 21 heavy (non-hydrogen) atoms. The molecule has 0 amide bonds. The van der Waals surface area contributed by atoms with E-state index in [0.717, 1.165) is 41.9 Å². The lowest BCUT2D eigenvalue weighted by molar-refractivity contribution is 0.538. The van der Waals surface area contributed by atoms with Gasteiger partial charge in [-0.1, -0.05) is 6.92 Å². The van der Waals surface area contributed by atoms with Crippen molar-refractivity contribution >= 4 is 26.6 Å². The van der Waals surface area contributed by atoms with Gasteiger partial charge < -0.3 is 9.73 Å². The van der Waals surface area contributed by atoms with Crippen LogP contribution in [0.25, 0.3) is 11.1 Å². The summed E-state index contributed by atoms with van der Waals surface area (Å²) in [5.74, 6) is 1.35. The van der Waals surface area contributed by atoms with Crippen LogP contribution in [0.15, 0.2) is 22.6 Å². The molecule has 1 aliphatic carbocycles. The number of aryl methyl sites for hydroxylation is 1. The highest BCUT2D eigenvalue weighted by molar-refractivity contribution is 7.90. The van der Waals surface area contributed by atoms with E-state index in [9.17, 15) is 8.42 Å². The van der Waals surface area contributed by atoms with Gasteiger partial charge >= 0.3 is 0 Å². The molecular formula is C15H20N2O3S. The fourth-order valence-electron chi connectivity index (χ4n) is 2.55. The van der Waals surface area contributed by atoms with Crippen LogP contribution >= 0.6 is 0 Å². The van der Waals surface area contributed by atoms with Crippen LogP contribution in [0.4, 0.5) is 5.69 Å². The number of nitrogens with zero attached hydrogens (tertiary/aromatic N) is 1. The summed E-state index contributed by atoms with van der Waals surface area (Å²) < 4.78 is 28.7. The first-order valence-electron chi connectivity index (χ1n) is 7.28. The van der Waals surface area contributed by atoms with E-state index in [0.29, 0.717) is 5.92 Å². The molecule has 1 atom stereocenters. The lowest BCUT2D eigenvalue weighted by atomic mass is 10.2. The van der Waals surface area contributed by atoms with Gasteiger partial charge in [-0.05, 0) is 37.0 Å². The Hall–Kier alpha value is -1.56. The maximum Gasteiger partial charge on any atom is 0.195 e. The van der Waals surface area contributed by atoms with E-state index in [1.54, 1.807) is 0 Å². The van der Waals surface area contributed by atoms with E-state index in [-0.39, 0.29) is 11.8 Å². The minimum Gasteiger partial charge on any atom is -0.441 e. The highest BCUT2D eigenvalue weighted by Gasteiger charge is 2.33. The van der Waals surface area contributed by atoms with Crippen molar-refractivity contribution in [1.82, 2.24) is 4.98 Å². The number of rotatable bonds is 6. The predicted octanol–water partition coefficient (Wildman–Crippen LogP) is 2.63. The number of anilines is 1. The third-order valence-corrected chi connectivity index (χ3v) is 4.72. The molecule has 1 saturated carbocycles. The number of sulfone groups is 1. The second kappa shape index (κ2) is 5.33. The van der Waals surface area contributed by atoms with Crippen molar-refractivity contribution in [2.45, 2.75) is 32.2 Å². The predicted molar refractivity (Wildman–Crippen MR) is 83.2 cm³/mol. The van der Waals surface area contributed by atoms with Gasteiger partial charge in [-0.15, -0.1) is 0 Å². The molecule has 0 saturated heterocycles. The topological polar surface area (TPSA) is 72.2 Å². The number of fused-ring (bicyclic) bond motifs is 1. The van der Waals surface area contributed by atoms with Crippen molar-refractivity contribution in [3.63, 3.8) is 0 Å². The maximum atomic E-state index is 11.6. The molecule has 0 radical (unpaired) electrons. The molecule has 1 aliphatic rings. The van der Waals surface area contributed by atoms with Crippen LogP contribution in [0, 0.1) is 5.92 Å². The molecule has 1 N–H and O–H groups in total. The van der Waals surface area contributed by atoms with E-state index >= 15 is 0 Å². The molecule has 2 aromatic rings. The summed E-state index contributed by atoms with van der Waals surface area (Å²) in [6.45, 7) is 2.00. The van der Waals surface area contributed by atoms with E-state index in [1.807, 2.05) is 25.1 Å². The molecule has 3 rings (SSSR count). The van der Waals surface area contributed by atoms with E-state index in [1.165, 1.54) is 6.26 Å². The van der Waals surface area contributed by atoms with Crippen molar-refractivity contribution in [3.8, 4) is 0 Å². The molecule has 114 valence electrons. The van der Waals surface area contributed by atoms with Crippen molar-refractivity contribution in [2.75, 3.05) is 17.3 Å². The number of benzene rings is 1. The van der Waals surface area contributed by atoms with Crippen LogP contribution in [0.5, 0.6) is 0 Å². The monoisotopic (exact) mass is 308 g/mol. The molecule has 0 bridgehead atoms. The summed E-state index contributed by atoms with van der Waals surface area (Å²) in [7, 11) is -2.99. The Labute approximate surface area is 124 Å². The highest BCUT2D eigenvalue weighted by Crippen LogP contribution is 2.35. The Morgan fingerprint density at radius 1 is 1.43 bits per heavy atom. The average Bonchev–Trinajstić information content (AvgIpc) is 3.16. The Balaban J connectivity index is 1.81. The van der Waals surface area contributed by atoms with Crippen LogP contribution < -0.4 is 5.32 Å². The number of hydrogen-bond donors (Lipinski definition) is 1. The first-order chi connectivity index (χ1) is 9.94. The normalized spacial score (nSPS) is 17.0. The minimum absolute atomic E-state index is 0.0185. The Bertz CT molecular complexity index is 747. The summed E-state index contributed by atoms with van der Waals surface area (Å²) in [5, 5.41) is 3.36. The largest absolute Gasteiger partial charge is 0.441 e. The molecule has 0 unspecified atom stereocenters. The standard InChI is InChI=1S/C15H20N2O3S/c1-3-15-17-12-8-11(6-7-14(12)20-15)16-13(10-4-5-10)9-21(2,18)19/h6-8,10,13,16H,3-5,9H2,1-2H3/t13-/m1/s1. The molecule has 1 aromatic heterocycles. The molecule has 6 heteroatoms. The summed E-state index contributed by atoms with van der Waals surface area (Å²) in [4.78, 5) is 4.41. The van der Waals surface area contributed by atoms with Gasteiger partial charge in [0.2, 0.25) is 0 Å². The fraction of sp³-hybridized carbons (Fsp3) is 0.533. The lowest BCUT2D eigenvalue weighted by Crippen LogP contribution is -2.30. The molecule has 0 aliphatic heterocycles. The van der Waals surface area contributed by atoms with Crippen LogP contribution in [-0.4, -0.2) is 31.5 Å². The second-order valence-electron chi connectivity index (χ2n) is 5.82. The van der Waals surface area contributed by atoms with E-state index in [2.05, 4.69) is 10.3 Å². The Kier molecular flexibility index (Phi) is 3.65. The van der Waals surface area contributed by atoms with Crippen LogP contribution in [0.1, 0.15) is 25.7 Å². The maximum absolute atomic E-state index is 11.6. The summed E-state index contributed by atoms with van der Waals surface area (Å²) >= 11 is 0. The first-order valence-corrected chi connectivity index (χ1v) is 9.34. The third kappa shape index (κ3) is 3.56. The zero-order valence-electron chi connectivity index (χ0n) is 12.3. The van der Waals surface area contributed by atoms with Crippen LogP contribution in [0.3, 0.4) is 0 Å². The van der Waals surface area contributed by atoms with Gasteiger partial charge in [0.1, 0.15) is 15.4 Å². The molecular weight excluding hydrogens is 288 g/mol. The lowest BCUT2D eigenvalue weighted by Gasteiger charge is -2.18. The quantitative estimate of drug-likeness (QED) is 0.888. The molecule has 1 fully saturated rings. The summed E-state index contributed by atoms with van der Waals surface area (Å²) in [6, 6.07) is 5.71. The van der Waals surface area contributed by atoms with Gasteiger partial charge in [-0.25, -0.2) is 13.4 Å². The number of nitrogens with one attached hydrogen (secondary N) is 1. The molecule has 1 heterocycles. The Morgan fingerprint density at radius 2 is 2.19 bits per heavy atom. The van der Waals surface area contributed by atoms with Gasteiger partial charge in [-0.2, -0.15) is 0 Å². The van der Waals surface area contributed by atoms with Crippen LogP contribution in [0.2, 0.25) is 0 Å². The molecule has 5 nitrogen and oxygen atoms in total. The van der Waals surface area contributed by atoms with Gasteiger partial charge in [0.15, 0.2) is 11.5 Å². The van der Waals surface area contributed by atoms with Gasteiger partial charge in [0, 0.05) is 24.4 Å². The fourth-order valence-corrected chi connectivity index (χ4v) is 3.56. The van der Waals surface area contributed by atoms with Gasteiger partial charge in [0.05, 0.1) is 5.75 Å². The van der Waals surface area contributed by atoms with Gasteiger partial charge in [0.25, 0.3) is 0 Å². The Morgan fingerprint density at radius 3 is 2.81 bits per heavy atom.